The van der Waals surface area contributed by atoms with Gasteiger partial charge in [0.2, 0.25) is 25.9 Å². The van der Waals surface area contributed by atoms with Gasteiger partial charge in [-0.25, -0.2) is 26.4 Å². The smallest absolute Gasteiger partial charge is 0.407 e. The molecule has 19 nitrogen and oxygen atoms in total. The van der Waals surface area contributed by atoms with Crippen LogP contribution in [0.5, 0.6) is 5.75 Å². The Balaban J connectivity index is 1.28. The lowest BCUT2D eigenvalue weighted by Crippen LogP contribution is -2.51. The summed E-state index contributed by atoms with van der Waals surface area (Å²) in [5.41, 5.74) is 2.97. The molecule has 6 aromatic rings. The molecule has 1 fully saturated rings. The zero-order valence-corrected chi connectivity index (χ0v) is 49.4. The Morgan fingerprint density at radius 2 is 1.39 bits per heavy atom. The van der Waals surface area contributed by atoms with Crippen LogP contribution in [0.1, 0.15) is 91.8 Å². The third-order valence-electron chi connectivity index (χ3n) is 14.3. The van der Waals surface area contributed by atoms with Gasteiger partial charge < -0.3 is 24.1 Å². The first kappa shape index (κ1) is 59.0. The maximum atomic E-state index is 16.4. The van der Waals surface area contributed by atoms with Crippen LogP contribution in [-0.4, -0.2) is 124 Å². The second kappa shape index (κ2) is 24.3. The van der Waals surface area contributed by atoms with Crippen molar-refractivity contribution in [3.05, 3.63) is 161 Å². The minimum atomic E-state index is -4.95. The van der Waals surface area contributed by atoms with E-state index in [1.807, 2.05) is 69.1 Å². The van der Waals surface area contributed by atoms with Crippen molar-refractivity contribution < 1.29 is 45.1 Å². The first-order valence-corrected chi connectivity index (χ1v) is 32.4. The van der Waals surface area contributed by atoms with Crippen LogP contribution in [-0.2, 0) is 48.8 Å². The van der Waals surface area contributed by atoms with E-state index in [-0.39, 0.29) is 62.2 Å². The molecular weight excluding hydrogens is 1070 g/mol. The van der Waals surface area contributed by atoms with Gasteiger partial charge in [0.1, 0.15) is 21.1 Å². The summed E-state index contributed by atoms with van der Waals surface area (Å²) in [4.78, 5) is 43.2. The molecule has 0 saturated carbocycles. The van der Waals surface area contributed by atoms with Gasteiger partial charge in [-0.05, 0) is 110 Å². The largest absolute Gasteiger partial charge is 0.497 e. The molecular formula is C58H71N9O10S2Si. The third-order valence-corrected chi connectivity index (χ3v) is 22.3. The molecule has 8 rings (SSSR count). The molecule has 0 spiro atoms. The SMILES string of the molecule is COc1ccc(Cn2nnc(-c3c(N4CCCC(=CCN5C(=O)c6ccccc6C5=O)C4)ccc(S(=O)(=O)NCC(CNC(=O)OC(C)(C)C)O[Si](C)(C)C(C)(C)C)c3S(=O)(=O)N(Cc3ccccc3)Cc3ccccc3)n2)cc1. The highest BCUT2D eigenvalue weighted by Crippen LogP contribution is 2.43. The molecule has 2 N–H and O–H groups in total. The number of methoxy groups -OCH3 is 1. The number of rotatable bonds is 21. The molecule has 2 aliphatic heterocycles. The van der Waals surface area contributed by atoms with Crippen molar-refractivity contribution in [2.45, 2.75) is 114 Å². The number of hydrogen-bond acceptors (Lipinski definition) is 14. The van der Waals surface area contributed by atoms with Gasteiger partial charge in [-0.2, -0.15) is 9.10 Å². The number of carbonyl (C=O) groups excluding carboxylic acids is 3. The summed E-state index contributed by atoms with van der Waals surface area (Å²) >= 11 is 0. The minimum Gasteiger partial charge on any atom is -0.497 e. The zero-order chi connectivity index (χ0) is 57.6. The highest BCUT2D eigenvalue weighted by molar-refractivity contribution is 7.92. The van der Waals surface area contributed by atoms with Gasteiger partial charge in [0.05, 0.1) is 36.4 Å². The van der Waals surface area contributed by atoms with Crippen LogP contribution in [0, 0.1) is 0 Å². The number of nitrogens with one attached hydrogen (secondary N) is 2. The number of ether oxygens (including phenoxy) is 2. The standard InChI is InChI=1S/C58H71N9O10S2Si/c1-57(2,3)76-56(70)59-35-46(77-80(8,9)58(4,5)6)36-60-78(71,72)50-31-30-49(64-33-18-23-43(37-64)32-34-66-54(68)47-24-16-17-25-48(47)55(66)69)51(53-61-63-67(62-53)40-44-26-28-45(75-7)29-27-44)52(50)79(73,74)65(38-41-19-12-10-13-20-41)39-42-21-14-11-15-22-42/h10-17,19-22,24-32,46,60H,18,23,33-40H2,1-9H3,(H,59,70). The number of aromatic nitrogens is 4. The molecule has 3 amide bonds. The van der Waals surface area contributed by atoms with Crippen molar-refractivity contribution in [2.75, 3.05) is 44.7 Å². The first-order valence-electron chi connectivity index (χ1n) is 26.5. The number of anilines is 1. The Labute approximate surface area is 470 Å². The summed E-state index contributed by atoms with van der Waals surface area (Å²) in [5.74, 6) is -0.312. The van der Waals surface area contributed by atoms with E-state index in [4.69, 9.17) is 19.0 Å². The van der Waals surface area contributed by atoms with Crippen molar-refractivity contribution in [1.29, 1.82) is 0 Å². The molecule has 22 heteroatoms. The fourth-order valence-corrected chi connectivity index (χ4v) is 14.0. The zero-order valence-electron chi connectivity index (χ0n) is 46.8. The highest BCUT2D eigenvalue weighted by Gasteiger charge is 2.42. The highest BCUT2D eigenvalue weighted by atomic mass is 32.2. The van der Waals surface area contributed by atoms with Crippen LogP contribution in [0.25, 0.3) is 11.4 Å². The van der Waals surface area contributed by atoms with Crippen LogP contribution in [0.3, 0.4) is 0 Å². The molecule has 0 bridgehead atoms. The number of amides is 3. The predicted molar refractivity (Wildman–Crippen MR) is 308 cm³/mol. The average molecular weight is 1150 g/mol. The van der Waals surface area contributed by atoms with Crippen molar-refractivity contribution in [3.63, 3.8) is 0 Å². The second-order valence-electron chi connectivity index (χ2n) is 22.4. The molecule has 5 aromatic carbocycles. The number of hydrogen-bond donors (Lipinski definition) is 2. The van der Waals surface area contributed by atoms with Crippen LogP contribution in [0.4, 0.5) is 10.5 Å². The van der Waals surface area contributed by atoms with E-state index in [1.165, 1.54) is 20.1 Å². The van der Waals surface area contributed by atoms with Crippen LogP contribution in [0.2, 0.25) is 18.1 Å². The van der Waals surface area contributed by atoms with Gasteiger partial charge in [-0.3, -0.25) is 14.5 Å². The molecule has 80 heavy (non-hydrogen) atoms. The topological polar surface area (TPSA) is 225 Å². The fraction of sp³-hybridized carbons (Fsp3) is 0.379. The number of tetrazole rings is 1. The molecule has 0 aliphatic carbocycles. The number of sulfonamides is 2. The summed E-state index contributed by atoms with van der Waals surface area (Å²) in [6.07, 6.45) is 1.38. The number of piperidine rings is 1. The molecule has 1 unspecified atom stereocenters. The second-order valence-corrected chi connectivity index (χ2v) is 30.8. The number of benzene rings is 5. The van der Waals surface area contributed by atoms with Gasteiger partial charge >= 0.3 is 6.09 Å². The van der Waals surface area contributed by atoms with Crippen LogP contribution >= 0.6 is 0 Å². The van der Waals surface area contributed by atoms with Crippen molar-refractivity contribution in [1.82, 2.24) is 39.5 Å². The van der Waals surface area contributed by atoms with E-state index in [0.717, 1.165) is 11.1 Å². The predicted octanol–water partition coefficient (Wildman–Crippen LogP) is 8.80. The van der Waals surface area contributed by atoms with Crippen LogP contribution < -0.4 is 19.7 Å². The Bertz CT molecular complexity index is 3380. The fourth-order valence-electron chi connectivity index (χ4n) is 9.17. The van der Waals surface area contributed by atoms with E-state index in [2.05, 4.69) is 20.4 Å². The Morgan fingerprint density at radius 1 is 0.787 bits per heavy atom. The lowest BCUT2D eigenvalue weighted by atomic mass is 10.0. The Hall–Kier alpha value is -7.08. The van der Waals surface area contributed by atoms with Crippen molar-refractivity contribution in [2.24, 2.45) is 0 Å². The van der Waals surface area contributed by atoms with Crippen LogP contribution in [0.15, 0.2) is 143 Å². The molecule has 1 aromatic heterocycles. The van der Waals surface area contributed by atoms with E-state index in [0.29, 0.717) is 53.1 Å². The van der Waals surface area contributed by atoms with Gasteiger partial charge in [0.15, 0.2) is 8.32 Å². The number of imide groups is 1. The summed E-state index contributed by atoms with van der Waals surface area (Å²) in [6, 6.07) is 34.8. The van der Waals surface area contributed by atoms with E-state index in [9.17, 15) is 14.4 Å². The normalized spacial score (nSPS) is 15.3. The van der Waals surface area contributed by atoms with Crippen molar-refractivity contribution in [3.8, 4) is 17.1 Å². The lowest BCUT2D eigenvalue weighted by molar-refractivity contribution is 0.0497. The molecule has 0 radical (unpaired) electrons. The Kier molecular flexibility index (Phi) is 18.0. The van der Waals surface area contributed by atoms with Crippen molar-refractivity contribution >= 4 is 52.0 Å². The lowest BCUT2D eigenvalue weighted by Gasteiger charge is -2.39. The molecule has 1 atom stereocenters. The number of fused-ring (bicyclic) bond motifs is 1. The van der Waals surface area contributed by atoms with Gasteiger partial charge in [-0.1, -0.05) is 117 Å². The maximum absolute atomic E-state index is 16.4. The molecule has 424 valence electrons. The molecule has 2 aliphatic rings. The van der Waals surface area contributed by atoms with E-state index < -0.39 is 67.8 Å². The first-order chi connectivity index (χ1) is 37.8. The summed E-state index contributed by atoms with van der Waals surface area (Å²) in [7, 11) is -10.9. The number of nitrogens with zero attached hydrogens (tertiary/aromatic N) is 7. The molecule has 1 saturated heterocycles. The van der Waals surface area contributed by atoms with E-state index >= 15 is 16.8 Å². The van der Waals surface area contributed by atoms with Gasteiger partial charge in [0.25, 0.3) is 11.8 Å². The maximum Gasteiger partial charge on any atom is 0.407 e. The summed E-state index contributed by atoms with van der Waals surface area (Å²) in [6.45, 7) is 15.2. The number of carbonyl (C=O) groups is 3. The number of alkyl carbamates (subject to hydrolysis) is 1. The van der Waals surface area contributed by atoms with E-state index in [1.54, 1.807) is 119 Å². The van der Waals surface area contributed by atoms with Gasteiger partial charge in [-0.15, -0.1) is 10.2 Å². The average Bonchev–Trinajstić information content (AvgIpc) is 3.98. The van der Waals surface area contributed by atoms with Gasteiger partial charge in [0, 0.05) is 51.5 Å². The Morgan fingerprint density at radius 3 is 1.96 bits per heavy atom. The third kappa shape index (κ3) is 14.1. The molecule has 3 heterocycles. The monoisotopic (exact) mass is 1150 g/mol. The minimum absolute atomic E-state index is 0.00740. The quantitative estimate of drug-likeness (QED) is 0.0390. The summed E-state index contributed by atoms with van der Waals surface area (Å²) in [5, 5.41) is 16.2. The summed E-state index contributed by atoms with van der Waals surface area (Å²) < 4.78 is 85.3.